The third-order valence-corrected chi connectivity index (χ3v) is 5.07. The molecule has 0 aliphatic carbocycles. The van der Waals surface area contributed by atoms with Crippen molar-refractivity contribution < 1.29 is 13.2 Å². The fraction of sp³-hybridized carbons (Fsp3) is 0.538. The number of nitrogens with one attached hydrogen (secondary N) is 1. The first-order valence-corrected chi connectivity index (χ1v) is 8.22. The zero-order valence-corrected chi connectivity index (χ0v) is 13.6. The number of likely N-dealkylation sites (N-methyl/N-ethyl adjacent to an activating group) is 1. The molecule has 1 rings (SSSR count). The molecule has 0 fully saturated rings. The van der Waals surface area contributed by atoms with Gasteiger partial charge in [0.05, 0.1) is 11.5 Å². The van der Waals surface area contributed by atoms with E-state index in [4.69, 9.17) is 16.3 Å². The number of hydrogen-bond acceptors (Lipinski definition) is 4. The molecule has 1 aromatic rings. The van der Waals surface area contributed by atoms with Crippen LogP contribution in [0.5, 0.6) is 0 Å². The second-order valence-corrected chi connectivity index (χ2v) is 6.76. The van der Waals surface area contributed by atoms with Crippen LogP contribution < -0.4 is 5.32 Å². The van der Waals surface area contributed by atoms with Crippen LogP contribution in [-0.4, -0.2) is 46.6 Å². The molecular weight excluding hydrogens is 300 g/mol. The van der Waals surface area contributed by atoms with Gasteiger partial charge in [0.25, 0.3) is 0 Å². The molecule has 0 radical (unpaired) electrons. The van der Waals surface area contributed by atoms with Crippen LogP contribution in [0.3, 0.4) is 0 Å². The van der Waals surface area contributed by atoms with Gasteiger partial charge in [-0.1, -0.05) is 11.6 Å². The molecule has 1 N–H and O–H groups in total. The van der Waals surface area contributed by atoms with Crippen LogP contribution in [0.4, 0.5) is 0 Å². The largest absolute Gasteiger partial charge is 0.380 e. The van der Waals surface area contributed by atoms with Crippen LogP contribution in [0.15, 0.2) is 23.1 Å². The maximum Gasteiger partial charge on any atom is 0.242 e. The Morgan fingerprint density at radius 3 is 2.70 bits per heavy atom. The predicted molar refractivity (Wildman–Crippen MR) is 80.5 cm³/mol. The lowest BCUT2D eigenvalue weighted by molar-refractivity contribution is 0.138. The highest BCUT2D eigenvalue weighted by Gasteiger charge is 2.21. The summed E-state index contributed by atoms with van der Waals surface area (Å²) in [6.45, 7) is 3.66. The van der Waals surface area contributed by atoms with Gasteiger partial charge in [-0.3, -0.25) is 0 Å². The van der Waals surface area contributed by atoms with Crippen LogP contribution in [0, 0.1) is 0 Å². The van der Waals surface area contributed by atoms with Crippen molar-refractivity contribution in [2.45, 2.75) is 18.4 Å². The van der Waals surface area contributed by atoms with Gasteiger partial charge < -0.3 is 10.1 Å². The molecule has 0 amide bonds. The number of rotatable bonds is 8. The number of hydrogen-bond donors (Lipinski definition) is 1. The molecule has 7 heteroatoms. The van der Waals surface area contributed by atoms with Gasteiger partial charge in [0.1, 0.15) is 0 Å². The Morgan fingerprint density at radius 1 is 1.40 bits per heavy atom. The molecule has 0 saturated carbocycles. The minimum atomic E-state index is -3.51. The summed E-state index contributed by atoms with van der Waals surface area (Å²) in [4.78, 5) is 0.242. The highest BCUT2D eigenvalue weighted by Crippen LogP contribution is 2.22. The summed E-state index contributed by atoms with van der Waals surface area (Å²) >= 11 is 6.04. The van der Waals surface area contributed by atoms with Crippen molar-refractivity contribution in [1.82, 2.24) is 9.62 Å². The van der Waals surface area contributed by atoms with E-state index >= 15 is 0 Å². The molecule has 0 aromatic heterocycles. The van der Waals surface area contributed by atoms with E-state index in [1.165, 1.54) is 10.4 Å². The first-order valence-electron chi connectivity index (χ1n) is 6.40. The summed E-state index contributed by atoms with van der Waals surface area (Å²) in [5.41, 5.74) is 0.758. The normalized spacial score (nSPS) is 12.1. The van der Waals surface area contributed by atoms with E-state index in [1.807, 2.05) is 6.92 Å². The zero-order chi connectivity index (χ0) is 15.2. The van der Waals surface area contributed by atoms with Crippen molar-refractivity contribution in [3.63, 3.8) is 0 Å². The van der Waals surface area contributed by atoms with Crippen LogP contribution >= 0.6 is 11.6 Å². The Bertz CT molecular complexity index is 534. The maximum absolute atomic E-state index is 12.4. The maximum atomic E-state index is 12.4. The summed E-state index contributed by atoms with van der Waals surface area (Å²) in [6, 6.07) is 4.73. The Balaban J connectivity index is 2.94. The molecule has 0 atom stereocenters. The Kier molecular flexibility index (Phi) is 6.91. The van der Waals surface area contributed by atoms with Crippen molar-refractivity contribution in [3.05, 3.63) is 28.8 Å². The topological polar surface area (TPSA) is 58.6 Å². The van der Waals surface area contributed by atoms with Gasteiger partial charge in [0, 0.05) is 31.8 Å². The second-order valence-electron chi connectivity index (χ2n) is 4.31. The van der Waals surface area contributed by atoms with Crippen LogP contribution in [0.2, 0.25) is 5.02 Å². The molecule has 114 valence electrons. The molecule has 0 bridgehead atoms. The van der Waals surface area contributed by atoms with Gasteiger partial charge in [-0.15, -0.1) is 0 Å². The predicted octanol–water partition coefficient (Wildman–Crippen LogP) is 1.72. The molecule has 0 spiro atoms. The zero-order valence-electron chi connectivity index (χ0n) is 12.0. The Hall–Kier alpha value is -0.660. The Morgan fingerprint density at radius 2 is 2.10 bits per heavy atom. The summed E-state index contributed by atoms with van der Waals surface area (Å²) < 4.78 is 31.3. The molecule has 0 unspecified atom stereocenters. The first kappa shape index (κ1) is 17.4. The number of benzene rings is 1. The van der Waals surface area contributed by atoms with E-state index in [2.05, 4.69) is 5.32 Å². The van der Waals surface area contributed by atoms with Crippen molar-refractivity contribution in [2.75, 3.05) is 33.9 Å². The van der Waals surface area contributed by atoms with E-state index in [9.17, 15) is 8.42 Å². The van der Waals surface area contributed by atoms with E-state index < -0.39 is 10.0 Å². The standard InChI is InChI=1S/C13H21ClN2O3S/c1-4-19-8-7-16(3)20(17,18)12-5-6-13(14)11(9-12)10-15-2/h5-6,9,15H,4,7-8,10H2,1-3H3. The van der Waals surface area contributed by atoms with Crippen LogP contribution in [0.1, 0.15) is 12.5 Å². The monoisotopic (exact) mass is 320 g/mol. The van der Waals surface area contributed by atoms with E-state index in [0.29, 0.717) is 31.3 Å². The van der Waals surface area contributed by atoms with Gasteiger partial charge in [0.15, 0.2) is 0 Å². The SMILES string of the molecule is CCOCCN(C)S(=O)(=O)c1ccc(Cl)c(CNC)c1. The molecule has 1 aromatic carbocycles. The highest BCUT2D eigenvalue weighted by molar-refractivity contribution is 7.89. The fourth-order valence-corrected chi connectivity index (χ4v) is 3.07. The van der Waals surface area contributed by atoms with Gasteiger partial charge in [0.2, 0.25) is 10.0 Å². The average molecular weight is 321 g/mol. The summed E-state index contributed by atoms with van der Waals surface area (Å²) in [5.74, 6) is 0. The lowest BCUT2D eigenvalue weighted by atomic mass is 10.2. The van der Waals surface area contributed by atoms with E-state index in [1.54, 1.807) is 26.2 Å². The van der Waals surface area contributed by atoms with Crippen molar-refractivity contribution in [3.8, 4) is 0 Å². The van der Waals surface area contributed by atoms with Crippen LogP contribution in [0.25, 0.3) is 0 Å². The van der Waals surface area contributed by atoms with E-state index in [0.717, 1.165) is 5.56 Å². The van der Waals surface area contributed by atoms with Gasteiger partial charge in [-0.25, -0.2) is 8.42 Å². The van der Waals surface area contributed by atoms with Crippen molar-refractivity contribution in [2.24, 2.45) is 0 Å². The van der Waals surface area contributed by atoms with Gasteiger partial charge in [-0.05, 0) is 37.7 Å². The number of halogens is 1. The fourth-order valence-electron chi connectivity index (χ4n) is 1.68. The molecule has 5 nitrogen and oxygen atoms in total. The Labute approximate surface area is 125 Å². The first-order chi connectivity index (χ1) is 9.43. The molecule has 0 aliphatic heterocycles. The van der Waals surface area contributed by atoms with Gasteiger partial charge in [-0.2, -0.15) is 4.31 Å². The minimum absolute atomic E-state index is 0.242. The van der Waals surface area contributed by atoms with E-state index in [-0.39, 0.29) is 4.90 Å². The molecule has 0 heterocycles. The number of nitrogens with zero attached hydrogens (tertiary/aromatic N) is 1. The highest BCUT2D eigenvalue weighted by atomic mass is 35.5. The van der Waals surface area contributed by atoms with Crippen molar-refractivity contribution >= 4 is 21.6 Å². The summed E-state index contributed by atoms with van der Waals surface area (Å²) in [7, 11) is -0.184. The number of ether oxygens (including phenoxy) is 1. The molecule has 0 saturated heterocycles. The third-order valence-electron chi connectivity index (χ3n) is 2.85. The van der Waals surface area contributed by atoms with Gasteiger partial charge >= 0.3 is 0 Å². The quantitative estimate of drug-likeness (QED) is 0.741. The van der Waals surface area contributed by atoms with Crippen molar-refractivity contribution in [1.29, 1.82) is 0 Å². The average Bonchev–Trinajstić information content (AvgIpc) is 2.41. The lowest BCUT2D eigenvalue weighted by Crippen LogP contribution is -2.30. The minimum Gasteiger partial charge on any atom is -0.380 e. The summed E-state index contributed by atoms with van der Waals surface area (Å²) in [5, 5.41) is 3.51. The van der Waals surface area contributed by atoms with Crippen LogP contribution in [-0.2, 0) is 21.3 Å². The molecule has 0 aliphatic rings. The number of sulfonamides is 1. The molecular formula is C13H21ClN2O3S. The summed E-state index contributed by atoms with van der Waals surface area (Å²) in [6.07, 6.45) is 0. The smallest absolute Gasteiger partial charge is 0.242 e. The molecule has 20 heavy (non-hydrogen) atoms. The second kappa shape index (κ2) is 7.95. The third kappa shape index (κ3) is 4.43. The lowest BCUT2D eigenvalue weighted by Gasteiger charge is -2.18.